The molecular formula is C8H4BrFN2O. The number of aromatic amines is 1. The van der Waals surface area contributed by atoms with Gasteiger partial charge in [0.25, 0.3) is 5.56 Å². The van der Waals surface area contributed by atoms with E-state index >= 15 is 0 Å². The second-order valence-corrected chi connectivity index (χ2v) is 3.34. The summed E-state index contributed by atoms with van der Waals surface area (Å²) < 4.78 is 13.8. The SMILES string of the molecule is O=c1[nH]cnc2c(Br)ccc(F)c12. The lowest BCUT2D eigenvalue weighted by Gasteiger charge is -1.98. The molecule has 13 heavy (non-hydrogen) atoms. The Bertz CT molecular complexity index is 523. The van der Waals surface area contributed by atoms with Gasteiger partial charge in [0.1, 0.15) is 11.2 Å². The summed E-state index contributed by atoms with van der Waals surface area (Å²) in [6, 6.07) is 2.74. The number of rotatable bonds is 0. The van der Waals surface area contributed by atoms with E-state index in [1.807, 2.05) is 0 Å². The van der Waals surface area contributed by atoms with Gasteiger partial charge in [-0.05, 0) is 28.1 Å². The molecule has 1 heterocycles. The molecular weight excluding hydrogens is 239 g/mol. The minimum Gasteiger partial charge on any atom is -0.313 e. The van der Waals surface area contributed by atoms with Crippen LogP contribution >= 0.6 is 15.9 Å². The van der Waals surface area contributed by atoms with Crippen LogP contribution in [0.15, 0.2) is 27.7 Å². The molecule has 0 spiro atoms. The number of hydrogen-bond acceptors (Lipinski definition) is 2. The Balaban J connectivity index is 3.09. The molecule has 66 valence electrons. The fourth-order valence-corrected chi connectivity index (χ4v) is 1.54. The van der Waals surface area contributed by atoms with Crippen molar-refractivity contribution < 1.29 is 4.39 Å². The smallest absolute Gasteiger partial charge is 0.261 e. The van der Waals surface area contributed by atoms with Crippen molar-refractivity contribution in [2.24, 2.45) is 0 Å². The Hall–Kier alpha value is -1.23. The third-order valence-corrected chi connectivity index (χ3v) is 2.33. The van der Waals surface area contributed by atoms with Crippen LogP contribution in [0.3, 0.4) is 0 Å². The van der Waals surface area contributed by atoms with Gasteiger partial charge in [-0.2, -0.15) is 0 Å². The first-order valence-electron chi connectivity index (χ1n) is 3.51. The van der Waals surface area contributed by atoms with Crippen molar-refractivity contribution in [1.29, 1.82) is 0 Å². The second kappa shape index (κ2) is 2.92. The molecule has 2 aromatic rings. The van der Waals surface area contributed by atoms with Gasteiger partial charge < -0.3 is 4.98 Å². The normalized spacial score (nSPS) is 10.6. The Morgan fingerprint density at radius 3 is 2.92 bits per heavy atom. The summed E-state index contributed by atoms with van der Waals surface area (Å²) in [7, 11) is 0. The molecule has 2 rings (SSSR count). The Kier molecular flexibility index (Phi) is 1.88. The van der Waals surface area contributed by atoms with Gasteiger partial charge in [0.15, 0.2) is 0 Å². The van der Waals surface area contributed by atoms with Crippen molar-refractivity contribution in [3.63, 3.8) is 0 Å². The van der Waals surface area contributed by atoms with Crippen molar-refractivity contribution in [3.8, 4) is 0 Å². The average molecular weight is 243 g/mol. The van der Waals surface area contributed by atoms with Crippen molar-refractivity contribution >= 4 is 26.8 Å². The molecule has 0 aliphatic carbocycles. The summed E-state index contributed by atoms with van der Waals surface area (Å²) in [5, 5.41) is -0.0168. The summed E-state index contributed by atoms with van der Waals surface area (Å²) in [5.41, 5.74) is -0.132. The van der Waals surface area contributed by atoms with Crippen molar-refractivity contribution in [2.45, 2.75) is 0 Å². The van der Waals surface area contributed by atoms with E-state index < -0.39 is 11.4 Å². The van der Waals surface area contributed by atoms with Crippen LogP contribution in [0.2, 0.25) is 0 Å². The summed E-state index contributed by atoms with van der Waals surface area (Å²) >= 11 is 3.18. The number of nitrogens with one attached hydrogen (secondary N) is 1. The molecule has 0 saturated carbocycles. The summed E-state index contributed by atoms with van der Waals surface area (Å²) in [4.78, 5) is 17.4. The topological polar surface area (TPSA) is 45.8 Å². The van der Waals surface area contributed by atoms with E-state index in [-0.39, 0.29) is 5.39 Å². The maximum absolute atomic E-state index is 13.1. The van der Waals surface area contributed by atoms with E-state index in [0.717, 1.165) is 0 Å². The maximum Gasteiger partial charge on any atom is 0.261 e. The van der Waals surface area contributed by atoms with Crippen LogP contribution in [0.5, 0.6) is 0 Å². The van der Waals surface area contributed by atoms with E-state index in [1.54, 1.807) is 0 Å². The van der Waals surface area contributed by atoms with Gasteiger partial charge in [-0.3, -0.25) is 4.79 Å². The average Bonchev–Trinajstić information content (AvgIpc) is 2.12. The molecule has 0 unspecified atom stereocenters. The van der Waals surface area contributed by atoms with Gasteiger partial charge in [0, 0.05) is 4.47 Å². The highest BCUT2D eigenvalue weighted by Gasteiger charge is 2.07. The van der Waals surface area contributed by atoms with Crippen molar-refractivity contribution in [1.82, 2.24) is 9.97 Å². The molecule has 0 saturated heterocycles. The highest BCUT2D eigenvalue weighted by Crippen LogP contribution is 2.20. The van der Waals surface area contributed by atoms with E-state index in [9.17, 15) is 9.18 Å². The van der Waals surface area contributed by atoms with Gasteiger partial charge in [-0.1, -0.05) is 0 Å². The molecule has 1 aromatic heterocycles. The predicted octanol–water partition coefficient (Wildman–Crippen LogP) is 1.82. The lowest BCUT2D eigenvalue weighted by Crippen LogP contribution is -2.08. The van der Waals surface area contributed by atoms with Gasteiger partial charge >= 0.3 is 0 Å². The monoisotopic (exact) mass is 242 g/mol. The van der Waals surface area contributed by atoms with Crippen LogP contribution in [0.1, 0.15) is 0 Å². The standard InChI is InChI=1S/C8H4BrFN2O/c9-4-1-2-5(10)6-7(4)11-3-12-8(6)13/h1-3H,(H,11,12,13). The summed E-state index contributed by atoms with van der Waals surface area (Å²) in [5.74, 6) is -0.562. The Morgan fingerprint density at radius 2 is 2.23 bits per heavy atom. The van der Waals surface area contributed by atoms with Gasteiger partial charge in [-0.25, -0.2) is 9.37 Å². The van der Waals surface area contributed by atoms with E-state index in [1.165, 1.54) is 18.5 Å². The lowest BCUT2D eigenvalue weighted by atomic mass is 10.2. The number of halogens is 2. The summed E-state index contributed by atoms with van der Waals surface area (Å²) in [6.07, 6.45) is 1.24. The zero-order chi connectivity index (χ0) is 9.42. The van der Waals surface area contributed by atoms with Gasteiger partial charge in [0.05, 0.1) is 11.8 Å². The predicted molar refractivity (Wildman–Crippen MR) is 50.0 cm³/mol. The minimum atomic E-state index is -0.562. The van der Waals surface area contributed by atoms with Crippen LogP contribution < -0.4 is 5.56 Å². The van der Waals surface area contributed by atoms with Crippen LogP contribution in [-0.2, 0) is 0 Å². The van der Waals surface area contributed by atoms with Crippen molar-refractivity contribution in [3.05, 3.63) is 39.1 Å². The first-order valence-corrected chi connectivity index (χ1v) is 4.31. The third-order valence-electron chi connectivity index (χ3n) is 1.69. The van der Waals surface area contributed by atoms with E-state index in [0.29, 0.717) is 9.99 Å². The molecule has 0 radical (unpaired) electrons. The third kappa shape index (κ3) is 1.25. The highest BCUT2D eigenvalue weighted by atomic mass is 79.9. The first kappa shape index (κ1) is 8.37. The molecule has 3 nitrogen and oxygen atoms in total. The first-order chi connectivity index (χ1) is 6.20. The van der Waals surface area contributed by atoms with Gasteiger partial charge in [-0.15, -0.1) is 0 Å². The number of benzene rings is 1. The molecule has 0 aliphatic rings. The summed E-state index contributed by atoms with van der Waals surface area (Å²) in [6.45, 7) is 0. The highest BCUT2D eigenvalue weighted by molar-refractivity contribution is 9.10. The number of H-pyrrole nitrogens is 1. The van der Waals surface area contributed by atoms with E-state index in [4.69, 9.17) is 0 Å². The lowest BCUT2D eigenvalue weighted by molar-refractivity contribution is 0.638. The molecule has 0 fully saturated rings. The molecule has 0 bridgehead atoms. The largest absolute Gasteiger partial charge is 0.313 e. The number of aromatic nitrogens is 2. The maximum atomic E-state index is 13.1. The second-order valence-electron chi connectivity index (χ2n) is 2.48. The zero-order valence-corrected chi connectivity index (χ0v) is 7.93. The number of nitrogens with zero attached hydrogens (tertiary/aromatic N) is 1. The van der Waals surface area contributed by atoms with Crippen LogP contribution in [0.4, 0.5) is 4.39 Å². The van der Waals surface area contributed by atoms with Crippen molar-refractivity contribution in [2.75, 3.05) is 0 Å². The molecule has 0 aliphatic heterocycles. The fraction of sp³-hybridized carbons (Fsp3) is 0. The Labute approximate surface area is 80.7 Å². The molecule has 5 heteroatoms. The fourth-order valence-electron chi connectivity index (χ4n) is 1.11. The van der Waals surface area contributed by atoms with Crippen LogP contribution in [-0.4, -0.2) is 9.97 Å². The zero-order valence-electron chi connectivity index (χ0n) is 6.34. The van der Waals surface area contributed by atoms with Crippen LogP contribution in [0, 0.1) is 5.82 Å². The molecule has 0 atom stereocenters. The number of fused-ring (bicyclic) bond motifs is 1. The van der Waals surface area contributed by atoms with Gasteiger partial charge in [0.2, 0.25) is 0 Å². The molecule has 1 aromatic carbocycles. The quantitative estimate of drug-likeness (QED) is 0.767. The minimum absolute atomic E-state index is 0.0168. The van der Waals surface area contributed by atoms with Crippen LogP contribution in [0.25, 0.3) is 10.9 Å². The van der Waals surface area contributed by atoms with E-state index in [2.05, 4.69) is 25.9 Å². The Morgan fingerprint density at radius 1 is 1.46 bits per heavy atom. The molecule has 1 N–H and O–H groups in total. The molecule has 0 amide bonds. The number of hydrogen-bond donors (Lipinski definition) is 1.